The fraction of sp³-hybridized carbons (Fsp3) is 0.200. The molecule has 0 atom stereocenters. The van der Waals surface area contributed by atoms with Gasteiger partial charge in [0, 0.05) is 10.7 Å². The number of rotatable bonds is 4. The van der Waals surface area contributed by atoms with Gasteiger partial charge in [0.05, 0.1) is 17.3 Å². The van der Waals surface area contributed by atoms with Crippen LogP contribution in [0, 0.1) is 12.3 Å². The Balaban J connectivity index is 2.34. The van der Waals surface area contributed by atoms with Gasteiger partial charge in [0.15, 0.2) is 0 Å². The predicted molar refractivity (Wildman–Crippen MR) is 64.5 cm³/mol. The number of carbonyl (C=O) groups excluding carboxylic acids is 1. The summed E-state index contributed by atoms with van der Waals surface area (Å²) in [6, 6.07) is 3.73. The molecule has 1 N–H and O–H groups in total. The summed E-state index contributed by atoms with van der Waals surface area (Å²) in [5.74, 6) is 2.59. The number of nitrogens with one attached hydrogen (secondary N) is 1. The Morgan fingerprint density at radius 1 is 1.67 bits per heavy atom. The molecule has 0 unspecified atom stereocenters. The Kier molecular flexibility index (Phi) is 5.22. The molecule has 1 aromatic heterocycles. The second kappa shape index (κ2) is 6.49. The molecular weight excluding hydrogens is 276 g/mol. The summed E-state index contributed by atoms with van der Waals surface area (Å²) in [7, 11) is 0. The van der Waals surface area contributed by atoms with E-state index in [0.29, 0.717) is 5.75 Å². The maximum absolute atomic E-state index is 11.2. The first-order valence-corrected chi connectivity index (χ1v) is 5.95. The van der Waals surface area contributed by atoms with Gasteiger partial charge in [0.25, 0.3) is 0 Å². The summed E-state index contributed by atoms with van der Waals surface area (Å²) in [5, 5.41) is 3.39. The van der Waals surface area contributed by atoms with Crippen molar-refractivity contribution in [2.45, 2.75) is 5.03 Å². The Labute approximate surface area is 101 Å². The molecule has 0 saturated carbocycles. The van der Waals surface area contributed by atoms with Crippen LogP contribution in [0.1, 0.15) is 0 Å². The molecule has 0 radical (unpaired) electrons. The standard InChI is InChI=1S/C10H9BrN2OS/c1-2-5-12-9(14)7-15-10-4-3-8(11)6-13-10/h1,3-4,6H,5,7H2,(H,12,14). The summed E-state index contributed by atoms with van der Waals surface area (Å²) in [5.41, 5.74) is 0. The second-order valence-corrected chi connectivity index (χ2v) is 4.50. The van der Waals surface area contributed by atoms with Crippen LogP contribution in [-0.4, -0.2) is 23.2 Å². The van der Waals surface area contributed by atoms with E-state index in [0.717, 1.165) is 9.50 Å². The van der Waals surface area contributed by atoms with Crippen LogP contribution in [0.15, 0.2) is 27.8 Å². The topological polar surface area (TPSA) is 42.0 Å². The summed E-state index contributed by atoms with van der Waals surface area (Å²) in [6.45, 7) is 0.271. The smallest absolute Gasteiger partial charge is 0.231 e. The molecule has 0 bridgehead atoms. The lowest BCUT2D eigenvalue weighted by atomic mass is 10.5. The van der Waals surface area contributed by atoms with E-state index in [4.69, 9.17) is 6.42 Å². The van der Waals surface area contributed by atoms with E-state index in [9.17, 15) is 4.79 Å². The second-order valence-electron chi connectivity index (χ2n) is 2.58. The van der Waals surface area contributed by atoms with Crippen LogP contribution in [0.25, 0.3) is 0 Å². The number of terminal acetylenes is 1. The number of carbonyl (C=O) groups is 1. The number of halogens is 1. The molecule has 0 aliphatic heterocycles. The largest absolute Gasteiger partial charge is 0.344 e. The van der Waals surface area contributed by atoms with Gasteiger partial charge in [-0.15, -0.1) is 6.42 Å². The van der Waals surface area contributed by atoms with E-state index in [-0.39, 0.29) is 12.5 Å². The van der Waals surface area contributed by atoms with Crippen LogP contribution < -0.4 is 5.32 Å². The summed E-state index contributed by atoms with van der Waals surface area (Å²) < 4.78 is 0.920. The average Bonchev–Trinajstić information content (AvgIpc) is 2.25. The highest BCUT2D eigenvalue weighted by molar-refractivity contribution is 9.10. The number of amides is 1. The van der Waals surface area contributed by atoms with Gasteiger partial charge in [0.2, 0.25) is 5.91 Å². The van der Waals surface area contributed by atoms with Crippen LogP contribution in [0.3, 0.4) is 0 Å². The molecule has 1 aromatic rings. The van der Waals surface area contributed by atoms with E-state index in [1.54, 1.807) is 6.20 Å². The zero-order valence-electron chi connectivity index (χ0n) is 7.87. The SMILES string of the molecule is C#CCNC(=O)CSc1ccc(Br)cn1. The van der Waals surface area contributed by atoms with Crippen molar-refractivity contribution < 1.29 is 4.79 Å². The Morgan fingerprint density at radius 2 is 2.47 bits per heavy atom. The maximum Gasteiger partial charge on any atom is 0.231 e. The molecule has 0 fully saturated rings. The number of pyridine rings is 1. The van der Waals surface area contributed by atoms with Gasteiger partial charge in [-0.25, -0.2) is 4.98 Å². The Morgan fingerprint density at radius 3 is 3.07 bits per heavy atom. The minimum absolute atomic E-state index is 0.0809. The highest BCUT2D eigenvalue weighted by Gasteiger charge is 2.01. The van der Waals surface area contributed by atoms with Gasteiger partial charge in [-0.3, -0.25) is 4.79 Å². The molecule has 0 aliphatic rings. The van der Waals surface area contributed by atoms with Gasteiger partial charge in [-0.2, -0.15) is 0 Å². The van der Waals surface area contributed by atoms with Gasteiger partial charge in [0.1, 0.15) is 0 Å². The van der Waals surface area contributed by atoms with Gasteiger partial charge in [-0.05, 0) is 28.1 Å². The highest BCUT2D eigenvalue weighted by Crippen LogP contribution is 2.16. The first-order valence-electron chi connectivity index (χ1n) is 4.17. The number of hydrogen-bond acceptors (Lipinski definition) is 3. The van der Waals surface area contributed by atoms with Crippen LogP contribution in [-0.2, 0) is 4.79 Å². The van der Waals surface area contributed by atoms with Crippen molar-refractivity contribution in [1.29, 1.82) is 0 Å². The Hall–Kier alpha value is -0.990. The van der Waals surface area contributed by atoms with Gasteiger partial charge >= 0.3 is 0 Å². The molecule has 5 heteroatoms. The molecule has 78 valence electrons. The zero-order valence-corrected chi connectivity index (χ0v) is 10.3. The highest BCUT2D eigenvalue weighted by atomic mass is 79.9. The third-order valence-electron chi connectivity index (χ3n) is 1.44. The predicted octanol–water partition coefficient (Wildman–Crippen LogP) is 1.69. The summed E-state index contributed by atoms with van der Waals surface area (Å²) >= 11 is 4.66. The molecule has 1 rings (SSSR count). The van der Waals surface area contributed by atoms with Crippen molar-refractivity contribution in [2.75, 3.05) is 12.3 Å². The molecule has 15 heavy (non-hydrogen) atoms. The van der Waals surface area contributed by atoms with E-state index >= 15 is 0 Å². The fourth-order valence-electron chi connectivity index (χ4n) is 0.788. The number of nitrogens with zero attached hydrogens (tertiary/aromatic N) is 1. The molecule has 1 amide bonds. The minimum atomic E-state index is -0.0809. The van der Waals surface area contributed by atoms with Crippen molar-refractivity contribution in [3.63, 3.8) is 0 Å². The van der Waals surface area contributed by atoms with Crippen LogP contribution in [0.4, 0.5) is 0 Å². The molecule has 0 aliphatic carbocycles. The van der Waals surface area contributed by atoms with E-state index in [2.05, 4.69) is 32.2 Å². The van der Waals surface area contributed by atoms with Crippen molar-refractivity contribution >= 4 is 33.6 Å². The first-order chi connectivity index (χ1) is 7.22. The van der Waals surface area contributed by atoms with Crippen LogP contribution in [0.2, 0.25) is 0 Å². The van der Waals surface area contributed by atoms with Crippen molar-refractivity contribution in [2.24, 2.45) is 0 Å². The van der Waals surface area contributed by atoms with Crippen LogP contribution >= 0.6 is 27.7 Å². The van der Waals surface area contributed by atoms with Gasteiger partial charge in [-0.1, -0.05) is 17.7 Å². The van der Waals surface area contributed by atoms with Gasteiger partial charge < -0.3 is 5.32 Å². The van der Waals surface area contributed by atoms with Crippen molar-refractivity contribution in [1.82, 2.24) is 10.3 Å². The first kappa shape index (κ1) is 12.1. The number of aromatic nitrogens is 1. The lowest BCUT2D eigenvalue weighted by Crippen LogP contribution is -2.25. The zero-order chi connectivity index (χ0) is 11.1. The quantitative estimate of drug-likeness (QED) is 0.676. The lowest BCUT2D eigenvalue weighted by Gasteiger charge is -2.01. The third-order valence-corrected chi connectivity index (χ3v) is 2.85. The van der Waals surface area contributed by atoms with Crippen molar-refractivity contribution in [3.05, 3.63) is 22.8 Å². The molecule has 3 nitrogen and oxygen atoms in total. The van der Waals surface area contributed by atoms with E-state index < -0.39 is 0 Å². The summed E-state index contributed by atoms with van der Waals surface area (Å²) in [6.07, 6.45) is 6.71. The molecular formula is C10H9BrN2OS. The normalized spacial score (nSPS) is 9.33. The summed E-state index contributed by atoms with van der Waals surface area (Å²) in [4.78, 5) is 15.3. The molecule has 1 heterocycles. The lowest BCUT2D eigenvalue weighted by molar-refractivity contribution is -0.118. The average molecular weight is 285 g/mol. The molecule has 0 spiro atoms. The Bertz CT molecular complexity index is 372. The third kappa shape index (κ3) is 4.86. The molecule has 0 aromatic carbocycles. The number of hydrogen-bond donors (Lipinski definition) is 1. The minimum Gasteiger partial charge on any atom is -0.344 e. The number of thioether (sulfide) groups is 1. The molecule has 0 saturated heterocycles. The fourth-order valence-corrected chi connectivity index (χ4v) is 1.69. The van der Waals surface area contributed by atoms with E-state index in [1.807, 2.05) is 12.1 Å². The van der Waals surface area contributed by atoms with Crippen LogP contribution in [0.5, 0.6) is 0 Å². The van der Waals surface area contributed by atoms with Crippen molar-refractivity contribution in [3.8, 4) is 12.3 Å². The maximum atomic E-state index is 11.2. The van der Waals surface area contributed by atoms with E-state index in [1.165, 1.54) is 11.8 Å². The monoisotopic (exact) mass is 284 g/mol.